The van der Waals surface area contributed by atoms with Gasteiger partial charge in [-0.25, -0.2) is 4.79 Å². The van der Waals surface area contributed by atoms with Crippen molar-refractivity contribution in [2.45, 2.75) is 6.36 Å². The number of hydrogen-bond acceptors (Lipinski definition) is 3. The van der Waals surface area contributed by atoms with Crippen molar-refractivity contribution in [3.05, 3.63) is 46.2 Å². The van der Waals surface area contributed by atoms with Crippen molar-refractivity contribution >= 4 is 16.9 Å². The monoisotopic (exact) mass is 257 g/mol. The van der Waals surface area contributed by atoms with Gasteiger partial charge in [-0.1, -0.05) is 12.1 Å². The number of carbonyl (C=O) groups excluding carboxylic acids is 1. The Morgan fingerprint density at radius 3 is 2.56 bits per heavy atom. The van der Waals surface area contributed by atoms with Crippen LogP contribution < -0.4 is 5.43 Å². The molecule has 1 aromatic carbocycles. The Kier molecular flexibility index (Phi) is 2.82. The van der Waals surface area contributed by atoms with Crippen LogP contribution in [0, 0.1) is 0 Å². The first kappa shape index (κ1) is 12.2. The molecule has 94 valence electrons. The van der Waals surface area contributed by atoms with Gasteiger partial charge in [-0.3, -0.25) is 4.79 Å². The van der Waals surface area contributed by atoms with Gasteiger partial charge in [0.1, 0.15) is 5.69 Å². The van der Waals surface area contributed by atoms with Crippen LogP contribution in [0.1, 0.15) is 10.5 Å². The quantitative estimate of drug-likeness (QED) is 0.797. The van der Waals surface area contributed by atoms with E-state index in [0.29, 0.717) is 0 Å². The van der Waals surface area contributed by atoms with Crippen LogP contribution in [0.3, 0.4) is 0 Å². The number of fused-ring (bicyclic) bond motifs is 1. The van der Waals surface area contributed by atoms with Crippen molar-refractivity contribution in [1.82, 2.24) is 4.98 Å². The third-order valence-corrected chi connectivity index (χ3v) is 2.17. The van der Waals surface area contributed by atoms with Crippen LogP contribution in [0.15, 0.2) is 35.1 Å². The van der Waals surface area contributed by atoms with Crippen molar-refractivity contribution in [2.24, 2.45) is 0 Å². The topological polar surface area (TPSA) is 59.2 Å². The largest absolute Gasteiger partial charge is 0.575 e. The average Bonchev–Trinajstić information content (AvgIpc) is 2.26. The van der Waals surface area contributed by atoms with Crippen molar-refractivity contribution in [1.29, 1.82) is 0 Å². The molecule has 1 aromatic heterocycles. The minimum absolute atomic E-state index is 0.263. The van der Waals surface area contributed by atoms with E-state index in [2.05, 4.69) is 9.72 Å². The molecule has 0 bridgehead atoms. The van der Waals surface area contributed by atoms with Gasteiger partial charge in [0.15, 0.2) is 5.43 Å². The van der Waals surface area contributed by atoms with E-state index < -0.39 is 23.5 Å². The van der Waals surface area contributed by atoms with Gasteiger partial charge in [-0.2, -0.15) is 0 Å². The number of carbonyl (C=O) groups is 1. The molecule has 0 amide bonds. The highest BCUT2D eigenvalue weighted by Crippen LogP contribution is 2.18. The molecule has 0 fully saturated rings. The highest BCUT2D eigenvalue weighted by atomic mass is 19.4. The molecule has 2 rings (SSSR count). The number of hydrogen-bond donors (Lipinski definition) is 1. The summed E-state index contributed by atoms with van der Waals surface area (Å²) < 4.78 is 38.8. The molecule has 2 aromatic rings. The fourth-order valence-corrected chi connectivity index (χ4v) is 1.47. The second-order valence-electron chi connectivity index (χ2n) is 3.43. The molecule has 0 unspecified atom stereocenters. The van der Waals surface area contributed by atoms with Gasteiger partial charge in [0.2, 0.25) is 0 Å². The summed E-state index contributed by atoms with van der Waals surface area (Å²) in [5.41, 5.74) is -0.839. The van der Waals surface area contributed by atoms with Crippen LogP contribution in [-0.4, -0.2) is 17.3 Å². The second kappa shape index (κ2) is 4.17. The molecule has 0 spiro atoms. The summed E-state index contributed by atoms with van der Waals surface area (Å²) in [5.74, 6) is -1.65. The number of benzene rings is 1. The van der Waals surface area contributed by atoms with E-state index in [0.717, 1.165) is 6.07 Å². The van der Waals surface area contributed by atoms with Crippen LogP contribution in [0.5, 0.6) is 0 Å². The summed E-state index contributed by atoms with van der Waals surface area (Å²) in [5, 5.41) is 0.279. The summed E-state index contributed by atoms with van der Waals surface area (Å²) in [4.78, 5) is 25.1. The molecular formula is C11H6F3NO3. The maximum atomic E-state index is 11.9. The fourth-order valence-electron chi connectivity index (χ4n) is 1.47. The number of aromatic nitrogens is 1. The van der Waals surface area contributed by atoms with E-state index in [4.69, 9.17) is 0 Å². The van der Waals surface area contributed by atoms with E-state index in [9.17, 15) is 22.8 Å². The van der Waals surface area contributed by atoms with Crippen LogP contribution >= 0.6 is 0 Å². The molecule has 0 aliphatic carbocycles. The predicted octanol–water partition coefficient (Wildman–Crippen LogP) is 2.20. The van der Waals surface area contributed by atoms with E-state index >= 15 is 0 Å². The first-order valence-corrected chi connectivity index (χ1v) is 4.79. The molecule has 1 heterocycles. The number of alkyl halides is 3. The van der Waals surface area contributed by atoms with Gasteiger partial charge in [0, 0.05) is 17.0 Å². The molecule has 0 aliphatic heterocycles. The van der Waals surface area contributed by atoms with Crippen molar-refractivity contribution in [3.8, 4) is 0 Å². The molecule has 4 nitrogen and oxygen atoms in total. The van der Waals surface area contributed by atoms with Crippen LogP contribution in [0.4, 0.5) is 13.2 Å². The number of ether oxygens (including phenoxy) is 1. The maximum absolute atomic E-state index is 11.9. The van der Waals surface area contributed by atoms with E-state index in [-0.39, 0.29) is 10.9 Å². The molecule has 0 radical (unpaired) electrons. The Labute approximate surface area is 98.0 Å². The molecule has 0 saturated heterocycles. The lowest BCUT2D eigenvalue weighted by molar-refractivity contribution is -0.291. The zero-order valence-corrected chi connectivity index (χ0v) is 8.75. The number of nitrogens with one attached hydrogen (secondary N) is 1. The third-order valence-electron chi connectivity index (χ3n) is 2.17. The lowest BCUT2D eigenvalue weighted by Crippen LogP contribution is -2.21. The van der Waals surface area contributed by atoms with Gasteiger partial charge < -0.3 is 9.72 Å². The van der Waals surface area contributed by atoms with Crippen LogP contribution in [-0.2, 0) is 4.74 Å². The smallest absolute Gasteiger partial charge is 0.368 e. The summed E-state index contributed by atoms with van der Waals surface area (Å²) in [6.45, 7) is 0. The van der Waals surface area contributed by atoms with Crippen LogP contribution in [0.2, 0.25) is 0 Å². The Balaban J connectivity index is 2.47. The molecule has 7 heteroatoms. The minimum Gasteiger partial charge on any atom is -0.368 e. The summed E-state index contributed by atoms with van der Waals surface area (Å²) in [7, 11) is 0. The first-order valence-electron chi connectivity index (χ1n) is 4.79. The molecule has 1 N–H and O–H groups in total. The number of aromatic amines is 1. The third kappa shape index (κ3) is 2.50. The van der Waals surface area contributed by atoms with Crippen molar-refractivity contribution in [2.75, 3.05) is 0 Å². The normalized spacial score (nSPS) is 11.5. The number of pyridine rings is 1. The molecular weight excluding hydrogens is 251 g/mol. The average molecular weight is 257 g/mol. The molecule has 0 saturated carbocycles. The zero-order chi connectivity index (χ0) is 13.3. The van der Waals surface area contributed by atoms with E-state index in [1.165, 1.54) is 12.1 Å². The Bertz CT molecular complexity index is 660. The fraction of sp³-hybridized carbons (Fsp3) is 0.0909. The van der Waals surface area contributed by atoms with E-state index in [1.54, 1.807) is 12.1 Å². The zero-order valence-electron chi connectivity index (χ0n) is 8.75. The summed E-state index contributed by atoms with van der Waals surface area (Å²) in [6.07, 6.45) is -5.08. The summed E-state index contributed by atoms with van der Waals surface area (Å²) in [6, 6.07) is 6.92. The SMILES string of the molecule is O=C(OC(F)(F)F)c1cc(=O)c2ccccc2[nH]1. The molecule has 18 heavy (non-hydrogen) atoms. The lowest BCUT2D eigenvalue weighted by Gasteiger charge is -2.07. The number of para-hydroxylation sites is 1. The van der Waals surface area contributed by atoms with Crippen molar-refractivity contribution in [3.63, 3.8) is 0 Å². The highest BCUT2D eigenvalue weighted by Gasteiger charge is 2.34. The molecule has 0 atom stereocenters. The van der Waals surface area contributed by atoms with Crippen molar-refractivity contribution < 1.29 is 22.7 Å². The van der Waals surface area contributed by atoms with E-state index in [1.807, 2.05) is 0 Å². The Hall–Kier alpha value is -2.31. The van der Waals surface area contributed by atoms with Gasteiger partial charge in [-0.05, 0) is 12.1 Å². The maximum Gasteiger partial charge on any atom is 0.575 e. The number of esters is 1. The number of halogens is 3. The number of rotatable bonds is 1. The first-order chi connectivity index (χ1) is 8.37. The Morgan fingerprint density at radius 2 is 1.89 bits per heavy atom. The lowest BCUT2D eigenvalue weighted by atomic mass is 10.2. The second-order valence-corrected chi connectivity index (χ2v) is 3.43. The highest BCUT2D eigenvalue weighted by molar-refractivity contribution is 5.91. The number of H-pyrrole nitrogens is 1. The van der Waals surface area contributed by atoms with Gasteiger partial charge >= 0.3 is 12.3 Å². The Morgan fingerprint density at radius 1 is 1.22 bits per heavy atom. The predicted molar refractivity (Wildman–Crippen MR) is 56.0 cm³/mol. The standard InChI is InChI=1S/C11H6F3NO3/c12-11(13,14)18-10(17)8-5-9(16)6-3-1-2-4-7(6)15-8/h1-5H,(H,15,16). The van der Waals surface area contributed by atoms with Crippen LogP contribution in [0.25, 0.3) is 10.9 Å². The van der Waals surface area contributed by atoms with Gasteiger partial charge in [0.05, 0.1) is 0 Å². The molecule has 0 aliphatic rings. The van der Waals surface area contributed by atoms with Gasteiger partial charge in [0.25, 0.3) is 0 Å². The minimum atomic E-state index is -5.08. The van der Waals surface area contributed by atoms with Gasteiger partial charge in [-0.15, -0.1) is 13.2 Å². The summed E-state index contributed by atoms with van der Waals surface area (Å²) >= 11 is 0.